The largest absolute Gasteiger partial charge is 0.481 e. The Morgan fingerprint density at radius 2 is 1.68 bits per heavy atom. The number of primary amides is 1. The zero-order valence-corrected chi connectivity index (χ0v) is 21.3. The molecule has 200 valence electrons. The number of fused-ring (bicyclic) bond motifs is 1. The van der Waals surface area contributed by atoms with E-state index in [4.69, 9.17) is 10.2 Å². The first kappa shape index (κ1) is 27.0. The second-order valence-corrected chi connectivity index (χ2v) is 9.94. The SMILES string of the molecule is NC(=O)C(C(=O)O)[C@H](CC1CCCCC1)C(=O)N(CCCc1ccccc1)C(=O)c1nc2ccccc2o1. The Bertz CT molecular complexity index is 1230. The van der Waals surface area contributed by atoms with Crippen LogP contribution in [0.15, 0.2) is 59.0 Å². The average molecular weight is 520 g/mol. The summed E-state index contributed by atoms with van der Waals surface area (Å²) < 4.78 is 5.65. The van der Waals surface area contributed by atoms with Gasteiger partial charge in [-0.1, -0.05) is 74.6 Å². The molecular weight excluding hydrogens is 486 g/mol. The average Bonchev–Trinajstić information content (AvgIpc) is 3.35. The van der Waals surface area contributed by atoms with Crippen LogP contribution in [-0.2, 0) is 20.8 Å². The Labute approximate surface area is 221 Å². The molecule has 1 aromatic heterocycles. The van der Waals surface area contributed by atoms with Gasteiger partial charge >= 0.3 is 11.9 Å². The van der Waals surface area contributed by atoms with E-state index in [1.165, 1.54) is 0 Å². The van der Waals surface area contributed by atoms with Crippen molar-refractivity contribution >= 4 is 34.8 Å². The van der Waals surface area contributed by atoms with Gasteiger partial charge in [-0.15, -0.1) is 0 Å². The van der Waals surface area contributed by atoms with Gasteiger partial charge in [0.25, 0.3) is 5.89 Å². The fourth-order valence-corrected chi connectivity index (χ4v) is 5.33. The fraction of sp³-hybridized carbons (Fsp3) is 0.414. The maximum Gasteiger partial charge on any atom is 0.316 e. The molecule has 1 aliphatic carbocycles. The number of aliphatic carboxylic acids is 1. The highest BCUT2D eigenvalue weighted by Crippen LogP contribution is 2.33. The topological polar surface area (TPSA) is 144 Å². The smallest absolute Gasteiger partial charge is 0.316 e. The molecule has 2 atom stereocenters. The number of rotatable bonds is 11. The van der Waals surface area contributed by atoms with E-state index >= 15 is 0 Å². The summed E-state index contributed by atoms with van der Waals surface area (Å²) >= 11 is 0. The number of carboxylic acids is 1. The molecule has 0 spiro atoms. The minimum atomic E-state index is -1.74. The van der Waals surface area contributed by atoms with E-state index < -0.39 is 35.5 Å². The zero-order chi connectivity index (χ0) is 27.1. The summed E-state index contributed by atoms with van der Waals surface area (Å²) in [6, 6.07) is 16.5. The molecule has 3 aromatic rings. The van der Waals surface area contributed by atoms with Crippen molar-refractivity contribution in [3.63, 3.8) is 0 Å². The molecule has 1 heterocycles. The predicted octanol–water partition coefficient (Wildman–Crippen LogP) is 4.20. The summed E-state index contributed by atoms with van der Waals surface area (Å²) in [5, 5.41) is 9.86. The monoisotopic (exact) mass is 519 g/mol. The highest BCUT2D eigenvalue weighted by atomic mass is 16.4. The number of nitrogens with two attached hydrogens (primary N) is 1. The van der Waals surface area contributed by atoms with Gasteiger partial charge in [0.05, 0.1) is 5.92 Å². The van der Waals surface area contributed by atoms with Crippen molar-refractivity contribution in [1.82, 2.24) is 9.88 Å². The van der Waals surface area contributed by atoms with Crippen molar-refractivity contribution in [3.05, 3.63) is 66.1 Å². The number of benzene rings is 2. The molecule has 1 aliphatic rings. The summed E-state index contributed by atoms with van der Waals surface area (Å²) in [7, 11) is 0. The number of hydrogen-bond donors (Lipinski definition) is 2. The molecule has 3 N–H and O–H groups in total. The molecule has 2 aromatic carbocycles. The molecule has 38 heavy (non-hydrogen) atoms. The summed E-state index contributed by atoms with van der Waals surface area (Å²) in [4.78, 5) is 57.3. The Balaban J connectivity index is 1.65. The molecule has 1 fully saturated rings. The minimum absolute atomic E-state index is 0.0115. The number of carboxylic acid groups (broad SMARTS) is 1. The lowest BCUT2D eigenvalue weighted by Crippen LogP contribution is -2.49. The molecule has 1 saturated carbocycles. The predicted molar refractivity (Wildman–Crippen MR) is 140 cm³/mol. The Kier molecular flexibility index (Phi) is 8.89. The van der Waals surface area contributed by atoms with E-state index in [0.717, 1.165) is 42.6 Å². The van der Waals surface area contributed by atoms with E-state index in [1.54, 1.807) is 24.3 Å². The van der Waals surface area contributed by atoms with Gasteiger partial charge in [-0.3, -0.25) is 24.1 Å². The van der Waals surface area contributed by atoms with Crippen LogP contribution in [0.2, 0.25) is 0 Å². The molecule has 9 nitrogen and oxygen atoms in total. The molecule has 1 unspecified atom stereocenters. The Morgan fingerprint density at radius 1 is 1.00 bits per heavy atom. The third-order valence-corrected chi connectivity index (χ3v) is 7.28. The quantitative estimate of drug-likeness (QED) is 0.361. The number of carbonyl (C=O) groups excluding carboxylic acids is 3. The highest BCUT2D eigenvalue weighted by molar-refractivity contribution is 6.07. The Hall–Kier alpha value is -4.01. The number of aryl methyl sites for hydroxylation is 1. The first-order valence-electron chi connectivity index (χ1n) is 13.1. The van der Waals surface area contributed by atoms with Crippen molar-refractivity contribution in [2.24, 2.45) is 23.5 Å². The van der Waals surface area contributed by atoms with E-state index in [-0.39, 0.29) is 24.8 Å². The molecule has 0 bridgehead atoms. The molecule has 0 aliphatic heterocycles. The maximum absolute atomic E-state index is 14.0. The van der Waals surface area contributed by atoms with Gasteiger partial charge in [0.1, 0.15) is 11.4 Å². The van der Waals surface area contributed by atoms with Crippen LogP contribution in [0, 0.1) is 17.8 Å². The second kappa shape index (κ2) is 12.5. The number of oxazole rings is 1. The lowest BCUT2D eigenvalue weighted by atomic mass is 9.77. The Morgan fingerprint density at radius 3 is 2.34 bits per heavy atom. The molecule has 0 radical (unpaired) electrons. The molecular formula is C29H33N3O6. The second-order valence-electron chi connectivity index (χ2n) is 9.94. The van der Waals surface area contributed by atoms with E-state index in [1.807, 2.05) is 30.3 Å². The molecule has 9 heteroatoms. The van der Waals surface area contributed by atoms with Gasteiger partial charge in [-0.25, -0.2) is 4.98 Å². The van der Waals surface area contributed by atoms with Crippen LogP contribution in [0.3, 0.4) is 0 Å². The van der Waals surface area contributed by atoms with Crippen molar-refractivity contribution in [1.29, 1.82) is 0 Å². The third-order valence-electron chi connectivity index (χ3n) is 7.28. The zero-order valence-electron chi connectivity index (χ0n) is 21.3. The van der Waals surface area contributed by atoms with Gasteiger partial charge in [-0.2, -0.15) is 0 Å². The van der Waals surface area contributed by atoms with Gasteiger partial charge in [-0.05, 0) is 42.9 Å². The van der Waals surface area contributed by atoms with Gasteiger partial charge in [0.15, 0.2) is 5.58 Å². The van der Waals surface area contributed by atoms with Crippen molar-refractivity contribution < 1.29 is 28.7 Å². The lowest BCUT2D eigenvalue weighted by Gasteiger charge is -2.31. The summed E-state index contributed by atoms with van der Waals surface area (Å²) in [5.41, 5.74) is 7.39. The van der Waals surface area contributed by atoms with Crippen molar-refractivity contribution in [3.8, 4) is 0 Å². The maximum atomic E-state index is 14.0. The number of carbonyl (C=O) groups is 4. The van der Waals surface area contributed by atoms with Gasteiger partial charge in [0, 0.05) is 6.54 Å². The normalized spacial score (nSPS) is 15.6. The molecule has 0 saturated heterocycles. The van der Waals surface area contributed by atoms with Crippen LogP contribution >= 0.6 is 0 Å². The summed E-state index contributed by atoms with van der Waals surface area (Å²) in [6.45, 7) is 0.0115. The number of nitrogens with zero attached hydrogens (tertiary/aromatic N) is 2. The summed E-state index contributed by atoms with van der Waals surface area (Å²) in [5.74, 6) is -7.25. The van der Waals surface area contributed by atoms with Crippen LogP contribution in [0.4, 0.5) is 0 Å². The highest BCUT2D eigenvalue weighted by Gasteiger charge is 2.43. The van der Waals surface area contributed by atoms with Gasteiger partial charge in [0.2, 0.25) is 11.8 Å². The van der Waals surface area contributed by atoms with Gasteiger partial charge < -0.3 is 15.3 Å². The third kappa shape index (κ3) is 6.45. The molecule has 4 rings (SSSR count). The molecule has 3 amide bonds. The number of imide groups is 1. The summed E-state index contributed by atoms with van der Waals surface area (Å²) in [6.07, 6.45) is 5.90. The fourth-order valence-electron chi connectivity index (χ4n) is 5.33. The minimum Gasteiger partial charge on any atom is -0.481 e. The van der Waals surface area contributed by atoms with Crippen LogP contribution in [-0.4, -0.2) is 45.2 Å². The van der Waals surface area contributed by atoms with Crippen LogP contribution in [0.5, 0.6) is 0 Å². The van der Waals surface area contributed by atoms with Crippen LogP contribution < -0.4 is 5.73 Å². The standard InChI is InChI=1S/C29H33N3O6/c30-25(33)24(29(36)37)21(18-20-12-5-2-6-13-20)27(34)32(17-9-14-19-10-3-1-4-11-19)28(35)26-31-22-15-7-8-16-23(22)38-26/h1,3-4,7-8,10-11,15-16,20-21,24H,2,5-6,9,12-14,17-18H2,(H2,30,33)(H,36,37)/t21-,24?/m0/s1. The van der Waals surface area contributed by atoms with Crippen LogP contribution in [0.25, 0.3) is 11.1 Å². The van der Waals surface area contributed by atoms with Crippen molar-refractivity contribution in [2.75, 3.05) is 6.54 Å². The van der Waals surface area contributed by atoms with Crippen molar-refractivity contribution in [2.45, 2.75) is 51.4 Å². The van der Waals surface area contributed by atoms with E-state index in [9.17, 15) is 24.3 Å². The number of aromatic nitrogens is 1. The lowest BCUT2D eigenvalue weighted by molar-refractivity contribution is -0.154. The number of hydrogen-bond acceptors (Lipinski definition) is 6. The first-order valence-corrected chi connectivity index (χ1v) is 13.1. The van der Waals surface area contributed by atoms with E-state index in [0.29, 0.717) is 23.9 Å². The van der Waals surface area contributed by atoms with Crippen LogP contribution in [0.1, 0.15) is 61.2 Å². The number of amides is 3. The van der Waals surface area contributed by atoms with E-state index in [2.05, 4.69) is 4.98 Å². The number of para-hydroxylation sites is 2. The first-order chi connectivity index (χ1) is 18.3.